The minimum absolute atomic E-state index is 0.616. The standard InChI is InChI=1S/C24H32N6/c1-5-25-24(26-16-20-11-12-23(29(3)4)15-19(20)2)27-17-21-9-6-7-10-22(21)18-30-14-8-13-28-30/h6-15H,5,16-18H2,1-4H3,(H2,25,26,27). The number of nitrogens with one attached hydrogen (secondary N) is 2. The van der Waals surface area contributed by atoms with E-state index in [1.54, 1.807) is 6.20 Å². The van der Waals surface area contributed by atoms with Crippen LogP contribution in [0.2, 0.25) is 0 Å². The van der Waals surface area contributed by atoms with Gasteiger partial charge in [-0.05, 0) is 54.3 Å². The maximum Gasteiger partial charge on any atom is 0.191 e. The lowest BCUT2D eigenvalue weighted by Crippen LogP contribution is -2.37. The highest BCUT2D eigenvalue weighted by Crippen LogP contribution is 2.17. The normalized spacial score (nSPS) is 11.4. The summed E-state index contributed by atoms with van der Waals surface area (Å²) in [7, 11) is 4.12. The molecule has 0 radical (unpaired) electrons. The van der Waals surface area contributed by atoms with Gasteiger partial charge in [-0.2, -0.15) is 5.10 Å². The smallest absolute Gasteiger partial charge is 0.191 e. The van der Waals surface area contributed by atoms with Crippen LogP contribution >= 0.6 is 0 Å². The van der Waals surface area contributed by atoms with Crippen molar-refractivity contribution in [2.45, 2.75) is 33.5 Å². The Labute approximate surface area is 179 Å². The molecule has 3 rings (SSSR count). The van der Waals surface area contributed by atoms with Crippen molar-refractivity contribution in [1.82, 2.24) is 20.4 Å². The van der Waals surface area contributed by atoms with E-state index in [2.05, 4.69) is 91.0 Å². The van der Waals surface area contributed by atoms with Crippen LogP contribution in [0.5, 0.6) is 0 Å². The van der Waals surface area contributed by atoms with Crippen LogP contribution in [0.15, 0.2) is 65.9 Å². The van der Waals surface area contributed by atoms with Crippen LogP contribution in [0.4, 0.5) is 5.69 Å². The van der Waals surface area contributed by atoms with Crippen molar-refractivity contribution in [3.8, 4) is 0 Å². The second-order valence-electron chi connectivity index (χ2n) is 7.53. The Balaban J connectivity index is 1.68. The van der Waals surface area contributed by atoms with Crippen LogP contribution < -0.4 is 15.5 Å². The van der Waals surface area contributed by atoms with Crippen LogP contribution in [0, 0.1) is 6.92 Å². The van der Waals surface area contributed by atoms with Crippen molar-refractivity contribution in [3.05, 3.63) is 83.2 Å². The van der Waals surface area contributed by atoms with Crippen molar-refractivity contribution < 1.29 is 0 Å². The molecule has 3 aromatic rings. The van der Waals surface area contributed by atoms with E-state index in [4.69, 9.17) is 4.99 Å². The molecule has 0 aliphatic rings. The van der Waals surface area contributed by atoms with Gasteiger partial charge >= 0.3 is 0 Å². The van der Waals surface area contributed by atoms with Gasteiger partial charge in [0, 0.05) is 45.3 Å². The van der Waals surface area contributed by atoms with Crippen molar-refractivity contribution in [3.63, 3.8) is 0 Å². The van der Waals surface area contributed by atoms with Gasteiger partial charge in [0.2, 0.25) is 0 Å². The minimum atomic E-state index is 0.616. The highest BCUT2D eigenvalue weighted by Gasteiger charge is 2.06. The Morgan fingerprint density at radius 3 is 2.50 bits per heavy atom. The zero-order chi connectivity index (χ0) is 21.3. The van der Waals surface area contributed by atoms with Gasteiger partial charge in [-0.25, -0.2) is 4.99 Å². The Morgan fingerprint density at radius 1 is 1.03 bits per heavy atom. The Kier molecular flexibility index (Phi) is 7.49. The summed E-state index contributed by atoms with van der Waals surface area (Å²) in [6.07, 6.45) is 3.79. The summed E-state index contributed by atoms with van der Waals surface area (Å²) in [5.74, 6) is 0.822. The molecule has 0 fully saturated rings. The molecule has 158 valence electrons. The molecule has 30 heavy (non-hydrogen) atoms. The molecule has 0 spiro atoms. The first-order valence-electron chi connectivity index (χ1n) is 10.4. The molecular weight excluding hydrogens is 372 g/mol. The predicted octanol–water partition coefficient (Wildman–Crippen LogP) is 3.56. The summed E-state index contributed by atoms with van der Waals surface area (Å²) in [5.41, 5.74) is 6.19. The Bertz CT molecular complexity index is 960. The summed E-state index contributed by atoms with van der Waals surface area (Å²) in [4.78, 5) is 6.94. The number of hydrogen-bond donors (Lipinski definition) is 2. The molecular formula is C24H32N6. The number of aliphatic imine (C=N–C) groups is 1. The van der Waals surface area contributed by atoms with Crippen molar-refractivity contribution in [1.29, 1.82) is 0 Å². The number of nitrogens with zero attached hydrogens (tertiary/aromatic N) is 4. The fraction of sp³-hybridized carbons (Fsp3) is 0.333. The van der Waals surface area contributed by atoms with Crippen LogP contribution in [0.1, 0.15) is 29.2 Å². The maximum absolute atomic E-state index is 4.82. The lowest BCUT2D eigenvalue weighted by Gasteiger charge is -2.17. The number of anilines is 1. The highest BCUT2D eigenvalue weighted by atomic mass is 15.3. The second kappa shape index (κ2) is 10.5. The molecule has 2 N–H and O–H groups in total. The van der Waals surface area contributed by atoms with Gasteiger partial charge in [0.15, 0.2) is 5.96 Å². The molecule has 0 saturated heterocycles. The summed E-state index contributed by atoms with van der Waals surface area (Å²) < 4.78 is 1.94. The third kappa shape index (κ3) is 5.86. The molecule has 0 atom stereocenters. The lowest BCUT2D eigenvalue weighted by atomic mass is 10.1. The molecule has 1 aromatic heterocycles. The largest absolute Gasteiger partial charge is 0.378 e. The SMILES string of the molecule is CCNC(=NCc1ccccc1Cn1cccn1)NCc1ccc(N(C)C)cc1C. The van der Waals surface area contributed by atoms with E-state index in [1.807, 2.05) is 16.9 Å². The van der Waals surface area contributed by atoms with Gasteiger partial charge in [0.05, 0.1) is 13.1 Å². The average molecular weight is 405 g/mol. The topological polar surface area (TPSA) is 57.5 Å². The molecule has 0 bridgehead atoms. The molecule has 0 aliphatic heterocycles. The number of hydrogen-bond acceptors (Lipinski definition) is 3. The fourth-order valence-corrected chi connectivity index (χ4v) is 3.28. The first-order chi connectivity index (χ1) is 14.6. The van der Waals surface area contributed by atoms with E-state index in [9.17, 15) is 0 Å². The second-order valence-corrected chi connectivity index (χ2v) is 7.53. The van der Waals surface area contributed by atoms with Gasteiger partial charge in [-0.3, -0.25) is 4.68 Å². The van der Waals surface area contributed by atoms with Crippen molar-refractivity contribution in [2.24, 2.45) is 4.99 Å². The molecule has 0 amide bonds. The molecule has 2 aromatic carbocycles. The van der Waals surface area contributed by atoms with E-state index >= 15 is 0 Å². The van der Waals surface area contributed by atoms with E-state index in [0.717, 1.165) is 25.6 Å². The number of aryl methyl sites for hydroxylation is 1. The minimum Gasteiger partial charge on any atom is -0.378 e. The van der Waals surface area contributed by atoms with Crippen molar-refractivity contribution in [2.75, 3.05) is 25.5 Å². The van der Waals surface area contributed by atoms with Crippen LogP contribution in [0.3, 0.4) is 0 Å². The van der Waals surface area contributed by atoms with Gasteiger partial charge in [0.1, 0.15) is 0 Å². The molecule has 1 heterocycles. The van der Waals surface area contributed by atoms with Crippen LogP contribution in [-0.4, -0.2) is 36.4 Å². The van der Waals surface area contributed by atoms with E-state index in [1.165, 1.54) is 27.9 Å². The van der Waals surface area contributed by atoms with Gasteiger partial charge < -0.3 is 15.5 Å². The number of benzene rings is 2. The third-order valence-corrected chi connectivity index (χ3v) is 5.05. The maximum atomic E-state index is 4.82. The van der Waals surface area contributed by atoms with Gasteiger partial charge in [0.25, 0.3) is 0 Å². The summed E-state index contributed by atoms with van der Waals surface area (Å²) >= 11 is 0. The lowest BCUT2D eigenvalue weighted by molar-refractivity contribution is 0.680. The number of guanidine groups is 1. The molecule has 0 saturated carbocycles. The molecule has 0 unspecified atom stereocenters. The first-order valence-corrected chi connectivity index (χ1v) is 10.4. The Morgan fingerprint density at radius 2 is 1.83 bits per heavy atom. The van der Waals surface area contributed by atoms with E-state index < -0.39 is 0 Å². The zero-order valence-electron chi connectivity index (χ0n) is 18.4. The van der Waals surface area contributed by atoms with Gasteiger partial charge in [-0.1, -0.05) is 30.3 Å². The average Bonchev–Trinajstić information content (AvgIpc) is 3.24. The first kappa shape index (κ1) is 21.4. The molecule has 6 nitrogen and oxygen atoms in total. The van der Waals surface area contributed by atoms with E-state index in [0.29, 0.717) is 6.54 Å². The van der Waals surface area contributed by atoms with E-state index in [-0.39, 0.29) is 0 Å². The highest BCUT2D eigenvalue weighted by molar-refractivity contribution is 5.79. The number of aromatic nitrogens is 2. The zero-order valence-corrected chi connectivity index (χ0v) is 18.4. The predicted molar refractivity (Wildman–Crippen MR) is 125 cm³/mol. The fourth-order valence-electron chi connectivity index (χ4n) is 3.28. The quantitative estimate of drug-likeness (QED) is 0.445. The van der Waals surface area contributed by atoms with Crippen molar-refractivity contribution >= 4 is 11.6 Å². The number of rotatable bonds is 8. The summed E-state index contributed by atoms with van der Waals surface area (Å²) in [6, 6.07) is 16.9. The molecule has 0 aliphatic carbocycles. The monoisotopic (exact) mass is 404 g/mol. The Hall–Kier alpha value is -3.28. The van der Waals surface area contributed by atoms with Crippen LogP contribution in [-0.2, 0) is 19.6 Å². The van der Waals surface area contributed by atoms with Gasteiger partial charge in [-0.15, -0.1) is 0 Å². The molecule has 6 heteroatoms. The summed E-state index contributed by atoms with van der Waals surface area (Å²) in [5, 5.41) is 11.1. The third-order valence-electron chi connectivity index (χ3n) is 5.05. The van der Waals surface area contributed by atoms with Crippen LogP contribution in [0.25, 0.3) is 0 Å². The summed E-state index contributed by atoms with van der Waals surface area (Å²) in [6.45, 7) is 7.16.